The lowest BCUT2D eigenvalue weighted by Gasteiger charge is -2.36. The second-order valence-electron chi connectivity index (χ2n) is 5.79. The number of piperazine rings is 1. The van der Waals surface area contributed by atoms with E-state index in [0.29, 0.717) is 19.0 Å². The molecule has 1 aliphatic heterocycles. The maximum Gasteiger partial charge on any atom is 0.220 e. The Labute approximate surface area is 126 Å². The topological polar surface area (TPSA) is 77.1 Å². The number of carbonyl (C=O) groups is 1. The van der Waals surface area contributed by atoms with Gasteiger partial charge < -0.3 is 10.2 Å². The SMILES string of the molecule is CC(CCC(=O)NCCc1cn[nH]n1)N1CCN(C)CC1. The van der Waals surface area contributed by atoms with Crippen molar-refractivity contribution in [2.45, 2.75) is 32.2 Å². The number of hydrogen-bond acceptors (Lipinski definition) is 5. The monoisotopic (exact) mass is 294 g/mol. The van der Waals surface area contributed by atoms with Crippen molar-refractivity contribution in [1.82, 2.24) is 30.5 Å². The van der Waals surface area contributed by atoms with Gasteiger partial charge in [-0.05, 0) is 20.4 Å². The first kappa shape index (κ1) is 15.9. The van der Waals surface area contributed by atoms with Gasteiger partial charge in [-0.1, -0.05) is 0 Å². The molecule has 1 atom stereocenters. The Hall–Kier alpha value is -1.47. The Bertz CT molecular complexity index is 413. The van der Waals surface area contributed by atoms with Crippen LogP contribution in [0.15, 0.2) is 6.20 Å². The fourth-order valence-corrected chi connectivity index (χ4v) is 2.55. The minimum absolute atomic E-state index is 0.125. The fourth-order valence-electron chi connectivity index (χ4n) is 2.55. The molecule has 2 rings (SSSR count). The second kappa shape index (κ2) is 8.09. The standard InChI is InChI=1S/C14H26N6O/c1-12(20-9-7-19(2)8-10-20)3-4-14(21)15-6-5-13-11-16-18-17-13/h11-12H,3-10H2,1-2H3,(H,15,21)(H,16,17,18). The lowest BCUT2D eigenvalue weighted by atomic mass is 10.1. The first-order chi connectivity index (χ1) is 10.1. The molecule has 1 aromatic rings. The van der Waals surface area contributed by atoms with Crippen LogP contribution in [0.5, 0.6) is 0 Å². The van der Waals surface area contributed by atoms with Crippen LogP contribution in [-0.2, 0) is 11.2 Å². The van der Waals surface area contributed by atoms with Crippen LogP contribution >= 0.6 is 0 Å². The largest absolute Gasteiger partial charge is 0.356 e. The molecule has 1 unspecified atom stereocenters. The molecule has 1 saturated heterocycles. The third kappa shape index (κ3) is 5.43. The molecule has 7 nitrogen and oxygen atoms in total. The number of aromatic amines is 1. The number of carbonyl (C=O) groups excluding carboxylic acids is 1. The van der Waals surface area contributed by atoms with Gasteiger partial charge in [0.25, 0.3) is 0 Å². The molecule has 0 radical (unpaired) electrons. The highest BCUT2D eigenvalue weighted by Crippen LogP contribution is 2.09. The predicted molar refractivity (Wildman–Crippen MR) is 80.9 cm³/mol. The highest BCUT2D eigenvalue weighted by atomic mass is 16.1. The van der Waals surface area contributed by atoms with Gasteiger partial charge in [0.05, 0.1) is 11.9 Å². The molecule has 1 aromatic heterocycles. The van der Waals surface area contributed by atoms with Gasteiger partial charge in [-0.25, -0.2) is 0 Å². The van der Waals surface area contributed by atoms with Crippen molar-refractivity contribution in [1.29, 1.82) is 0 Å². The summed E-state index contributed by atoms with van der Waals surface area (Å²) in [6.45, 7) is 7.28. The van der Waals surface area contributed by atoms with Crippen molar-refractivity contribution in [2.24, 2.45) is 0 Å². The first-order valence-electron chi connectivity index (χ1n) is 7.69. The average molecular weight is 294 g/mol. The van der Waals surface area contributed by atoms with Gasteiger partial charge in [-0.3, -0.25) is 9.69 Å². The molecule has 0 bridgehead atoms. The number of aromatic nitrogens is 3. The van der Waals surface area contributed by atoms with Crippen molar-refractivity contribution < 1.29 is 4.79 Å². The summed E-state index contributed by atoms with van der Waals surface area (Å²) in [6.07, 6.45) is 3.91. The Morgan fingerprint density at radius 3 is 2.86 bits per heavy atom. The van der Waals surface area contributed by atoms with Crippen LogP contribution in [0.2, 0.25) is 0 Å². The number of nitrogens with zero attached hydrogens (tertiary/aromatic N) is 4. The zero-order valence-electron chi connectivity index (χ0n) is 13.0. The van der Waals surface area contributed by atoms with E-state index in [1.807, 2.05) is 0 Å². The first-order valence-corrected chi connectivity index (χ1v) is 7.69. The van der Waals surface area contributed by atoms with E-state index in [-0.39, 0.29) is 5.91 Å². The zero-order valence-corrected chi connectivity index (χ0v) is 13.0. The van der Waals surface area contributed by atoms with Gasteiger partial charge in [0.1, 0.15) is 0 Å². The van der Waals surface area contributed by atoms with Crippen LogP contribution in [0.25, 0.3) is 0 Å². The molecule has 118 valence electrons. The van der Waals surface area contributed by atoms with Gasteiger partial charge in [0.2, 0.25) is 5.91 Å². The predicted octanol–water partition coefficient (Wildman–Crippen LogP) is -0.120. The van der Waals surface area contributed by atoms with Gasteiger partial charge in [0.15, 0.2) is 0 Å². The van der Waals surface area contributed by atoms with Crippen LogP contribution in [0.4, 0.5) is 0 Å². The van der Waals surface area contributed by atoms with Crippen LogP contribution < -0.4 is 5.32 Å². The molecule has 0 spiro atoms. The van der Waals surface area contributed by atoms with E-state index in [1.54, 1.807) is 6.20 Å². The van der Waals surface area contributed by atoms with E-state index in [2.05, 4.69) is 44.5 Å². The number of rotatable bonds is 7. The Kier molecular flexibility index (Phi) is 6.13. The summed E-state index contributed by atoms with van der Waals surface area (Å²) in [6, 6.07) is 0.472. The van der Waals surface area contributed by atoms with E-state index >= 15 is 0 Å². The second-order valence-corrected chi connectivity index (χ2v) is 5.79. The highest BCUT2D eigenvalue weighted by Gasteiger charge is 2.19. The number of H-pyrrole nitrogens is 1. The van der Waals surface area contributed by atoms with Gasteiger partial charge in [-0.15, -0.1) is 0 Å². The lowest BCUT2D eigenvalue weighted by Crippen LogP contribution is -2.48. The molecule has 0 aliphatic carbocycles. The van der Waals surface area contributed by atoms with Crippen LogP contribution in [0, 0.1) is 0 Å². The summed E-state index contributed by atoms with van der Waals surface area (Å²) < 4.78 is 0. The van der Waals surface area contributed by atoms with Crippen LogP contribution in [-0.4, -0.2) is 76.9 Å². The van der Waals surface area contributed by atoms with E-state index in [4.69, 9.17) is 0 Å². The summed E-state index contributed by atoms with van der Waals surface area (Å²) in [4.78, 5) is 16.7. The van der Waals surface area contributed by atoms with E-state index in [1.165, 1.54) is 0 Å². The van der Waals surface area contributed by atoms with Crippen molar-refractivity contribution in [3.8, 4) is 0 Å². The van der Waals surface area contributed by atoms with Gasteiger partial charge in [0, 0.05) is 51.6 Å². The lowest BCUT2D eigenvalue weighted by molar-refractivity contribution is -0.121. The molecule has 2 N–H and O–H groups in total. The fraction of sp³-hybridized carbons (Fsp3) is 0.786. The smallest absolute Gasteiger partial charge is 0.220 e. The summed E-state index contributed by atoms with van der Waals surface area (Å²) in [5.74, 6) is 0.125. The molecule has 7 heteroatoms. The van der Waals surface area contributed by atoms with Crippen LogP contribution in [0.3, 0.4) is 0 Å². The number of hydrogen-bond donors (Lipinski definition) is 2. The molecule has 2 heterocycles. The molecule has 1 aliphatic rings. The quantitative estimate of drug-likeness (QED) is 0.733. The molecular formula is C14H26N6O. The van der Waals surface area contributed by atoms with Crippen molar-refractivity contribution in [2.75, 3.05) is 39.8 Å². The molecule has 1 amide bonds. The average Bonchev–Trinajstić information content (AvgIpc) is 2.99. The van der Waals surface area contributed by atoms with E-state index < -0.39 is 0 Å². The third-order valence-corrected chi connectivity index (χ3v) is 4.12. The van der Waals surface area contributed by atoms with Crippen molar-refractivity contribution >= 4 is 5.91 Å². The Balaban J connectivity index is 1.57. The minimum Gasteiger partial charge on any atom is -0.356 e. The van der Waals surface area contributed by atoms with Gasteiger partial charge >= 0.3 is 0 Å². The summed E-state index contributed by atoms with van der Waals surface area (Å²) >= 11 is 0. The highest BCUT2D eigenvalue weighted by molar-refractivity contribution is 5.75. The van der Waals surface area contributed by atoms with E-state index in [0.717, 1.165) is 44.7 Å². The zero-order chi connectivity index (χ0) is 15.1. The summed E-state index contributed by atoms with van der Waals surface area (Å²) in [5, 5.41) is 13.2. The normalized spacial score (nSPS) is 18.6. The van der Waals surface area contributed by atoms with E-state index in [9.17, 15) is 4.79 Å². The minimum atomic E-state index is 0.125. The molecular weight excluding hydrogens is 268 g/mol. The van der Waals surface area contributed by atoms with Crippen molar-refractivity contribution in [3.63, 3.8) is 0 Å². The molecule has 0 aromatic carbocycles. The number of likely N-dealkylation sites (N-methyl/N-ethyl adjacent to an activating group) is 1. The maximum absolute atomic E-state index is 11.8. The molecule has 0 saturated carbocycles. The van der Waals surface area contributed by atoms with Crippen molar-refractivity contribution in [3.05, 3.63) is 11.9 Å². The number of amides is 1. The molecule has 21 heavy (non-hydrogen) atoms. The Morgan fingerprint density at radius 2 is 2.19 bits per heavy atom. The summed E-state index contributed by atoms with van der Waals surface area (Å²) in [5.41, 5.74) is 0.876. The van der Waals surface area contributed by atoms with Crippen LogP contribution in [0.1, 0.15) is 25.5 Å². The molecule has 1 fully saturated rings. The van der Waals surface area contributed by atoms with Gasteiger partial charge in [-0.2, -0.15) is 15.4 Å². The maximum atomic E-state index is 11.8. The number of nitrogens with one attached hydrogen (secondary N) is 2. The summed E-state index contributed by atoms with van der Waals surface area (Å²) in [7, 11) is 2.16. The Morgan fingerprint density at radius 1 is 1.43 bits per heavy atom. The third-order valence-electron chi connectivity index (χ3n) is 4.12.